The zero-order valence-corrected chi connectivity index (χ0v) is 14.6. The van der Waals surface area contributed by atoms with Gasteiger partial charge in [0.25, 0.3) is 11.5 Å². The summed E-state index contributed by atoms with van der Waals surface area (Å²) in [6.45, 7) is 4.34. The number of amides is 1. The largest absolute Gasteiger partial charge is 0.388 e. The van der Waals surface area contributed by atoms with Crippen LogP contribution in [0.25, 0.3) is 0 Å². The fraction of sp³-hybridized carbons (Fsp3) is 0.421. The van der Waals surface area contributed by atoms with E-state index in [1.165, 1.54) is 16.8 Å². The Hall–Kier alpha value is -2.47. The maximum absolute atomic E-state index is 12.9. The molecule has 1 unspecified atom stereocenters. The van der Waals surface area contributed by atoms with Gasteiger partial charge in [0.15, 0.2) is 0 Å². The average molecular weight is 341 g/mol. The van der Waals surface area contributed by atoms with Gasteiger partial charge < -0.3 is 10.0 Å². The molecule has 0 aliphatic carbocycles. The molecule has 132 valence electrons. The third kappa shape index (κ3) is 3.79. The van der Waals surface area contributed by atoms with Gasteiger partial charge in [0.1, 0.15) is 5.69 Å². The molecule has 25 heavy (non-hydrogen) atoms. The van der Waals surface area contributed by atoms with Gasteiger partial charge in [0, 0.05) is 12.6 Å². The number of hydrogen-bond acceptors (Lipinski definition) is 4. The van der Waals surface area contributed by atoms with Crippen LogP contribution in [-0.2, 0) is 6.54 Å². The van der Waals surface area contributed by atoms with Crippen molar-refractivity contribution in [2.75, 3.05) is 6.54 Å². The maximum atomic E-state index is 12.9. The van der Waals surface area contributed by atoms with Crippen LogP contribution < -0.4 is 5.56 Å². The van der Waals surface area contributed by atoms with E-state index in [9.17, 15) is 14.7 Å². The van der Waals surface area contributed by atoms with Crippen LogP contribution in [0, 0.1) is 0 Å². The van der Waals surface area contributed by atoms with Crippen LogP contribution in [0.4, 0.5) is 0 Å². The monoisotopic (exact) mass is 341 g/mol. The summed E-state index contributed by atoms with van der Waals surface area (Å²) < 4.78 is 1.30. The van der Waals surface area contributed by atoms with Crippen molar-refractivity contribution in [3.05, 3.63) is 64.1 Å². The predicted octanol–water partition coefficient (Wildman–Crippen LogP) is 1.67. The van der Waals surface area contributed by atoms with Crippen molar-refractivity contribution < 1.29 is 9.90 Å². The predicted molar refractivity (Wildman–Crippen MR) is 94.4 cm³/mol. The molecule has 0 radical (unpaired) electrons. The Labute approximate surface area is 146 Å². The van der Waals surface area contributed by atoms with Gasteiger partial charge in [0.05, 0.1) is 18.2 Å². The van der Waals surface area contributed by atoms with Gasteiger partial charge in [-0.3, -0.25) is 9.59 Å². The number of nitrogens with zero attached hydrogens (tertiary/aromatic N) is 3. The van der Waals surface area contributed by atoms with E-state index in [4.69, 9.17) is 0 Å². The second kappa shape index (κ2) is 6.80. The molecule has 1 saturated heterocycles. The first-order chi connectivity index (χ1) is 11.9. The summed E-state index contributed by atoms with van der Waals surface area (Å²) in [5, 5.41) is 14.6. The number of aromatic nitrogens is 2. The van der Waals surface area contributed by atoms with Crippen LogP contribution in [0.15, 0.2) is 47.3 Å². The van der Waals surface area contributed by atoms with Crippen molar-refractivity contribution in [2.24, 2.45) is 0 Å². The lowest BCUT2D eigenvalue weighted by Crippen LogP contribution is -2.48. The molecule has 1 N–H and O–H groups in total. The molecule has 6 heteroatoms. The zero-order valence-electron chi connectivity index (χ0n) is 14.6. The van der Waals surface area contributed by atoms with E-state index in [0.29, 0.717) is 13.1 Å². The van der Waals surface area contributed by atoms with E-state index < -0.39 is 5.60 Å². The van der Waals surface area contributed by atoms with Crippen molar-refractivity contribution in [3.8, 4) is 0 Å². The van der Waals surface area contributed by atoms with Crippen LogP contribution >= 0.6 is 0 Å². The zero-order chi connectivity index (χ0) is 18.0. The highest BCUT2D eigenvalue weighted by atomic mass is 16.3. The molecule has 0 saturated carbocycles. The van der Waals surface area contributed by atoms with Crippen LogP contribution in [0.1, 0.15) is 42.7 Å². The molecule has 1 aromatic heterocycles. The van der Waals surface area contributed by atoms with Crippen LogP contribution in [0.2, 0.25) is 0 Å². The number of likely N-dealkylation sites (tertiary alicyclic amines) is 1. The maximum Gasteiger partial charge on any atom is 0.274 e. The van der Waals surface area contributed by atoms with Crippen molar-refractivity contribution in [1.82, 2.24) is 14.7 Å². The van der Waals surface area contributed by atoms with Gasteiger partial charge in [0.2, 0.25) is 0 Å². The molecule has 1 aliphatic rings. The number of carbonyl (C=O) groups excluding carboxylic acids is 1. The molecule has 1 amide bonds. The van der Waals surface area contributed by atoms with E-state index in [0.717, 1.165) is 18.4 Å². The highest BCUT2D eigenvalue weighted by molar-refractivity contribution is 5.92. The Bertz CT molecular complexity index is 809. The fourth-order valence-electron chi connectivity index (χ4n) is 3.32. The van der Waals surface area contributed by atoms with Gasteiger partial charge in [-0.15, -0.1) is 0 Å². The van der Waals surface area contributed by atoms with Crippen molar-refractivity contribution >= 4 is 5.91 Å². The van der Waals surface area contributed by atoms with E-state index in [1.807, 2.05) is 30.3 Å². The molecule has 1 atom stereocenters. The summed E-state index contributed by atoms with van der Waals surface area (Å²) >= 11 is 0. The molecule has 1 fully saturated rings. The molecule has 0 spiro atoms. The van der Waals surface area contributed by atoms with Crippen molar-refractivity contribution in [1.29, 1.82) is 0 Å². The van der Waals surface area contributed by atoms with Gasteiger partial charge >= 0.3 is 0 Å². The Morgan fingerprint density at radius 2 is 1.96 bits per heavy atom. The summed E-state index contributed by atoms with van der Waals surface area (Å²) in [7, 11) is 0. The summed E-state index contributed by atoms with van der Waals surface area (Å²) in [4.78, 5) is 26.6. The summed E-state index contributed by atoms with van der Waals surface area (Å²) in [5.74, 6) is -0.244. The Kier molecular flexibility index (Phi) is 4.72. The fourth-order valence-corrected chi connectivity index (χ4v) is 3.32. The third-order valence-corrected chi connectivity index (χ3v) is 4.59. The number of hydrogen-bond donors (Lipinski definition) is 1. The smallest absolute Gasteiger partial charge is 0.274 e. The highest BCUT2D eigenvalue weighted by Crippen LogP contribution is 2.27. The normalized spacial score (nSPS) is 17.7. The van der Waals surface area contributed by atoms with Crippen LogP contribution in [-0.4, -0.2) is 43.9 Å². The average Bonchev–Trinajstić information content (AvgIpc) is 3.07. The van der Waals surface area contributed by atoms with Gasteiger partial charge in [-0.1, -0.05) is 30.3 Å². The molecule has 2 aromatic rings. The molecular formula is C19H23N3O3. The van der Waals surface area contributed by atoms with Crippen molar-refractivity contribution in [3.63, 3.8) is 0 Å². The SMILES string of the molecule is CC(C)(O)C1CCCN1C(=O)c1ccc(=O)n(Cc2ccccc2)n1. The lowest BCUT2D eigenvalue weighted by atomic mass is 9.96. The Balaban J connectivity index is 1.86. The second-order valence-corrected chi connectivity index (χ2v) is 7.01. The molecule has 0 bridgehead atoms. The summed E-state index contributed by atoms with van der Waals surface area (Å²) in [6.07, 6.45) is 1.61. The number of benzene rings is 1. The third-order valence-electron chi connectivity index (χ3n) is 4.59. The molecule has 3 rings (SSSR count). The van der Waals surface area contributed by atoms with Gasteiger partial charge in [-0.25, -0.2) is 4.68 Å². The molecule has 2 heterocycles. The first kappa shape index (κ1) is 17.4. The lowest BCUT2D eigenvalue weighted by molar-refractivity contribution is 0.0000277. The van der Waals surface area contributed by atoms with E-state index in [-0.39, 0.29) is 23.2 Å². The minimum Gasteiger partial charge on any atom is -0.388 e. The second-order valence-electron chi connectivity index (χ2n) is 7.01. The number of carbonyl (C=O) groups is 1. The topological polar surface area (TPSA) is 75.4 Å². The molecule has 1 aromatic carbocycles. The minimum atomic E-state index is -0.968. The first-order valence-corrected chi connectivity index (χ1v) is 8.52. The van der Waals surface area contributed by atoms with E-state index >= 15 is 0 Å². The quantitative estimate of drug-likeness (QED) is 0.918. The first-order valence-electron chi connectivity index (χ1n) is 8.52. The van der Waals surface area contributed by atoms with E-state index in [2.05, 4.69) is 5.10 Å². The minimum absolute atomic E-state index is 0.228. The summed E-state index contributed by atoms with van der Waals surface area (Å²) in [6, 6.07) is 12.1. The van der Waals surface area contributed by atoms with Crippen LogP contribution in [0.3, 0.4) is 0 Å². The van der Waals surface area contributed by atoms with Crippen LogP contribution in [0.5, 0.6) is 0 Å². The van der Waals surface area contributed by atoms with E-state index in [1.54, 1.807) is 18.7 Å². The lowest BCUT2D eigenvalue weighted by Gasteiger charge is -2.33. The Morgan fingerprint density at radius 1 is 1.24 bits per heavy atom. The molecule has 6 nitrogen and oxygen atoms in total. The highest BCUT2D eigenvalue weighted by Gasteiger charge is 2.39. The molecular weight excluding hydrogens is 318 g/mol. The molecule has 1 aliphatic heterocycles. The number of aliphatic hydroxyl groups is 1. The Morgan fingerprint density at radius 3 is 2.64 bits per heavy atom. The number of rotatable bonds is 4. The standard InChI is InChI=1S/C19H23N3O3/c1-19(2,25)16-9-6-12-21(16)18(24)15-10-11-17(23)22(20-15)13-14-7-4-3-5-8-14/h3-5,7-8,10-11,16,25H,6,9,12-13H2,1-2H3. The van der Waals surface area contributed by atoms with Gasteiger partial charge in [-0.2, -0.15) is 5.10 Å². The van der Waals surface area contributed by atoms with Gasteiger partial charge in [-0.05, 0) is 38.3 Å². The summed E-state index contributed by atoms with van der Waals surface area (Å²) in [5.41, 5.74) is -0.0465. The van der Waals surface area contributed by atoms with Crippen molar-refractivity contribution in [2.45, 2.75) is 44.9 Å².